The minimum Gasteiger partial charge on any atom is -0.459 e. The normalized spacial score (nSPS) is 49.7. The minimum absolute atomic E-state index is 0.0936. The first-order valence-corrected chi connectivity index (χ1v) is 18.5. The summed E-state index contributed by atoms with van der Waals surface area (Å²) < 4.78 is 37.1. The van der Waals surface area contributed by atoms with Crippen molar-refractivity contribution in [3.63, 3.8) is 0 Å². The number of hydrogen-bond acceptors (Lipinski definition) is 14. The van der Waals surface area contributed by atoms with Crippen LogP contribution in [0.25, 0.3) is 0 Å². The Morgan fingerprint density at radius 3 is 2.04 bits per heavy atom. The van der Waals surface area contributed by atoms with Gasteiger partial charge in [0.1, 0.15) is 29.7 Å². The number of methoxy groups -OCH3 is 1. The molecular formula is C37H67NO13. The average molecular weight is 734 g/mol. The van der Waals surface area contributed by atoms with E-state index >= 15 is 0 Å². The summed E-state index contributed by atoms with van der Waals surface area (Å²) in [5, 5.41) is 57.6. The van der Waals surface area contributed by atoms with Crippen molar-refractivity contribution in [1.29, 1.82) is 0 Å². The Morgan fingerprint density at radius 2 is 1.49 bits per heavy atom. The van der Waals surface area contributed by atoms with E-state index in [-0.39, 0.29) is 31.4 Å². The van der Waals surface area contributed by atoms with Crippen molar-refractivity contribution in [1.82, 2.24) is 4.90 Å². The number of hydrogen-bond donors (Lipinski definition) is 5. The maximum atomic E-state index is 14.1. The summed E-state index contributed by atoms with van der Waals surface area (Å²) in [6, 6.07) is -0.324. The van der Waals surface area contributed by atoms with Crippen LogP contribution in [0.3, 0.4) is 0 Å². The molecule has 0 aromatic rings. The molecule has 0 spiro atoms. The summed E-state index contributed by atoms with van der Waals surface area (Å²) in [7, 11) is 5.18. The molecule has 0 radical (unpaired) electrons. The van der Waals surface area contributed by atoms with Gasteiger partial charge < -0.3 is 58.9 Å². The zero-order chi connectivity index (χ0) is 39.0. The van der Waals surface area contributed by atoms with E-state index in [9.17, 15) is 35.1 Å². The molecule has 0 saturated carbocycles. The number of rotatable bonds is 7. The smallest absolute Gasteiger partial charge is 0.311 e. The number of carbonyl (C=O) groups is 2. The summed E-state index contributed by atoms with van der Waals surface area (Å²) in [4.78, 5) is 29.8. The molecule has 14 heteroatoms. The monoisotopic (exact) mass is 733 g/mol. The topological polar surface area (TPSA) is 194 Å². The van der Waals surface area contributed by atoms with Crippen LogP contribution in [0.15, 0.2) is 0 Å². The van der Waals surface area contributed by atoms with Crippen LogP contribution >= 0.6 is 0 Å². The van der Waals surface area contributed by atoms with E-state index in [0.717, 1.165) is 0 Å². The summed E-state index contributed by atoms with van der Waals surface area (Å²) in [6.45, 7) is 16.3. The lowest BCUT2D eigenvalue weighted by molar-refractivity contribution is -0.318. The van der Waals surface area contributed by atoms with Gasteiger partial charge in [0.25, 0.3) is 0 Å². The van der Waals surface area contributed by atoms with Gasteiger partial charge in [0.15, 0.2) is 12.6 Å². The molecule has 3 fully saturated rings. The maximum Gasteiger partial charge on any atom is 0.311 e. The van der Waals surface area contributed by atoms with Gasteiger partial charge in [-0.05, 0) is 74.9 Å². The van der Waals surface area contributed by atoms with Gasteiger partial charge in [-0.3, -0.25) is 9.59 Å². The van der Waals surface area contributed by atoms with E-state index < -0.39 is 108 Å². The molecule has 3 heterocycles. The molecule has 3 aliphatic heterocycles. The SMILES string of the molecule is CC[C@@H]1OC(=O)[C@H](C)[C@H](O[C@@H]2C[C@](C)(OC)[C@H](O)[C@H](C)O2)[C@H](C)[C@H](O[C@@H]2O[C@H](C)C[C@H](N(C)C)[C@@H]2O)[C@](C)(O)C[C@H](C)C(=O)[C@H](C)[C@@H](O)[C@]1(C)O. The highest BCUT2D eigenvalue weighted by Gasteiger charge is 2.53. The summed E-state index contributed by atoms with van der Waals surface area (Å²) in [6.07, 6.45) is -9.71. The molecule has 0 amide bonds. The molecule has 3 aliphatic rings. The Bertz CT molecular complexity index is 1170. The molecule has 14 nitrogen and oxygen atoms in total. The predicted molar refractivity (Wildman–Crippen MR) is 186 cm³/mol. The fourth-order valence-corrected chi connectivity index (χ4v) is 8.41. The predicted octanol–water partition coefficient (Wildman–Crippen LogP) is 1.79. The van der Waals surface area contributed by atoms with E-state index in [0.29, 0.717) is 6.42 Å². The van der Waals surface area contributed by atoms with E-state index in [1.807, 2.05) is 25.9 Å². The Hall–Kier alpha value is -1.30. The first-order chi connectivity index (χ1) is 23.4. The Kier molecular flexibility index (Phi) is 14.7. The van der Waals surface area contributed by atoms with Crippen LogP contribution in [0, 0.1) is 23.7 Å². The van der Waals surface area contributed by atoms with Crippen molar-refractivity contribution in [2.75, 3.05) is 21.2 Å². The van der Waals surface area contributed by atoms with Crippen molar-refractivity contribution in [3.8, 4) is 0 Å². The average Bonchev–Trinajstić information content (AvgIpc) is 3.05. The number of aliphatic hydroxyl groups excluding tert-OH is 3. The third kappa shape index (κ3) is 9.51. The fourth-order valence-electron chi connectivity index (χ4n) is 8.41. The molecule has 0 aliphatic carbocycles. The molecular weight excluding hydrogens is 666 g/mol. The van der Waals surface area contributed by atoms with Crippen molar-refractivity contribution in [3.05, 3.63) is 0 Å². The number of ketones is 1. The standard InChI is InChI=1S/C37H67NO13/c1-14-25-37(10,45)30(41)20(4)27(39)18(2)16-35(8,44)32(51-34-28(40)24(38(11)12)15-19(3)47-34)21(5)29(22(6)33(43)49-25)50-26-17-36(9,46-13)31(42)23(7)48-26/h18-26,28-32,34,40-42,44-45H,14-17H2,1-13H3/t18-,19+,20-,21-,22+,23-,24-,25-,26+,28-,29+,30+,31+,32-,34-,35+,36-,37+/m0/s1. The second-order valence-electron chi connectivity index (χ2n) is 16.5. The first-order valence-electron chi connectivity index (χ1n) is 18.5. The molecule has 3 saturated heterocycles. The molecule has 0 aromatic heterocycles. The molecule has 18 atom stereocenters. The van der Waals surface area contributed by atoms with Crippen molar-refractivity contribution < 1.29 is 63.5 Å². The molecule has 51 heavy (non-hydrogen) atoms. The van der Waals surface area contributed by atoms with Gasteiger partial charge >= 0.3 is 5.97 Å². The zero-order valence-electron chi connectivity index (χ0n) is 32.9. The van der Waals surface area contributed by atoms with E-state index in [4.69, 9.17) is 28.4 Å². The summed E-state index contributed by atoms with van der Waals surface area (Å²) in [5.74, 6) is -4.98. The van der Waals surface area contributed by atoms with E-state index in [2.05, 4.69) is 0 Å². The van der Waals surface area contributed by atoms with Crippen molar-refractivity contribution in [2.24, 2.45) is 23.7 Å². The van der Waals surface area contributed by atoms with Crippen LogP contribution in [0.5, 0.6) is 0 Å². The summed E-state index contributed by atoms with van der Waals surface area (Å²) >= 11 is 0. The second-order valence-corrected chi connectivity index (χ2v) is 16.5. The van der Waals surface area contributed by atoms with Gasteiger partial charge in [0, 0.05) is 37.3 Å². The highest BCUT2D eigenvalue weighted by molar-refractivity contribution is 5.83. The minimum atomic E-state index is -1.99. The summed E-state index contributed by atoms with van der Waals surface area (Å²) in [5.41, 5.74) is -4.84. The van der Waals surface area contributed by atoms with E-state index in [1.54, 1.807) is 41.5 Å². The Morgan fingerprint density at radius 1 is 0.882 bits per heavy atom. The van der Waals surface area contributed by atoms with Crippen molar-refractivity contribution in [2.45, 2.75) is 179 Å². The third-order valence-electron chi connectivity index (χ3n) is 11.8. The number of esters is 1. The Balaban J connectivity index is 2.18. The van der Waals surface area contributed by atoms with E-state index in [1.165, 1.54) is 27.9 Å². The lowest BCUT2D eigenvalue weighted by Gasteiger charge is -2.49. The number of nitrogens with zero attached hydrogens (tertiary/aromatic N) is 1. The van der Waals surface area contributed by atoms with Crippen LogP contribution in [0.4, 0.5) is 0 Å². The largest absolute Gasteiger partial charge is 0.459 e. The molecule has 298 valence electrons. The molecule has 5 N–H and O–H groups in total. The van der Waals surface area contributed by atoms with Crippen molar-refractivity contribution >= 4 is 11.8 Å². The third-order valence-corrected chi connectivity index (χ3v) is 11.8. The van der Waals surface area contributed by atoms with Gasteiger partial charge in [0.2, 0.25) is 0 Å². The van der Waals surface area contributed by atoms with Gasteiger partial charge in [-0.1, -0.05) is 27.7 Å². The molecule has 0 bridgehead atoms. The number of aliphatic hydroxyl groups is 5. The van der Waals surface area contributed by atoms with Gasteiger partial charge in [-0.2, -0.15) is 0 Å². The quantitative estimate of drug-likeness (QED) is 0.238. The highest BCUT2D eigenvalue weighted by atomic mass is 16.7. The fraction of sp³-hybridized carbons (Fsp3) is 0.946. The maximum absolute atomic E-state index is 14.1. The number of cyclic esters (lactones) is 1. The number of ether oxygens (including phenoxy) is 6. The van der Waals surface area contributed by atoms with Crippen LogP contribution in [-0.4, -0.2) is 148 Å². The second kappa shape index (κ2) is 17.0. The van der Waals surface area contributed by atoms with Crippen LogP contribution in [-0.2, 0) is 38.0 Å². The Labute approximate surface area is 304 Å². The van der Waals surface area contributed by atoms with Crippen LogP contribution < -0.4 is 0 Å². The van der Waals surface area contributed by atoms with Gasteiger partial charge in [-0.25, -0.2) is 0 Å². The van der Waals surface area contributed by atoms with Gasteiger partial charge in [-0.15, -0.1) is 0 Å². The molecule has 0 unspecified atom stereocenters. The lowest BCUT2D eigenvalue weighted by Crippen LogP contribution is -2.61. The molecule has 3 rings (SSSR count). The number of likely N-dealkylation sites (N-methyl/N-ethyl adjacent to an activating group) is 1. The highest BCUT2D eigenvalue weighted by Crippen LogP contribution is 2.40. The van der Waals surface area contributed by atoms with Crippen LogP contribution in [0.1, 0.15) is 94.9 Å². The molecule has 0 aromatic carbocycles. The zero-order valence-corrected chi connectivity index (χ0v) is 32.9. The lowest BCUT2D eigenvalue weighted by atomic mass is 9.74. The number of Topliss-reactive ketones (excluding diaryl/α,β-unsaturated/α-hetero) is 1. The van der Waals surface area contributed by atoms with Gasteiger partial charge in [0.05, 0.1) is 47.6 Å². The first kappa shape index (κ1) is 44.1. The number of carbonyl (C=O) groups excluding carboxylic acids is 2. The van der Waals surface area contributed by atoms with Crippen LogP contribution in [0.2, 0.25) is 0 Å².